The highest BCUT2D eigenvalue weighted by Gasteiger charge is 2.59. The number of H-pyrrole nitrogens is 1. The van der Waals surface area contributed by atoms with E-state index in [0.717, 1.165) is 24.4 Å². The van der Waals surface area contributed by atoms with Crippen molar-refractivity contribution in [1.82, 2.24) is 20.3 Å². The summed E-state index contributed by atoms with van der Waals surface area (Å²) >= 11 is 0. The summed E-state index contributed by atoms with van der Waals surface area (Å²) in [5, 5.41) is 3.23. The van der Waals surface area contributed by atoms with Crippen LogP contribution in [-0.4, -0.2) is 39.6 Å². The molecule has 1 amide bonds. The molecule has 6 nitrogen and oxygen atoms in total. The summed E-state index contributed by atoms with van der Waals surface area (Å²) in [5.41, 5.74) is 1.84. The summed E-state index contributed by atoms with van der Waals surface area (Å²) in [6, 6.07) is 4.11. The molecule has 2 fully saturated rings. The minimum absolute atomic E-state index is 0.106. The number of nitrogens with one attached hydrogen (secondary N) is 2. The van der Waals surface area contributed by atoms with Crippen molar-refractivity contribution >= 4 is 17.1 Å². The number of aromatic amines is 1. The molecule has 2 atom stereocenters. The second-order valence-corrected chi connectivity index (χ2v) is 6.94. The topological polar surface area (TPSA) is 79.9 Å². The summed E-state index contributed by atoms with van der Waals surface area (Å²) in [7, 11) is 0. The van der Waals surface area contributed by atoms with Crippen molar-refractivity contribution in [3.63, 3.8) is 0 Å². The second-order valence-electron chi connectivity index (χ2n) is 6.94. The summed E-state index contributed by atoms with van der Waals surface area (Å²) in [6.07, 6.45) is 7.68. The first-order valence-electron chi connectivity index (χ1n) is 8.92. The Kier molecular flexibility index (Phi) is 4.00. The van der Waals surface area contributed by atoms with Crippen molar-refractivity contribution in [2.45, 2.75) is 57.6 Å². The fraction of sp³-hybridized carbons (Fsp3) is 0.611. The van der Waals surface area contributed by atoms with Gasteiger partial charge in [0, 0.05) is 37.1 Å². The maximum Gasteiger partial charge on any atom is 0.220 e. The van der Waals surface area contributed by atoms with Gasteiger partial charge in [-0.25, -0.2) is 9.97 Å². The predicted molar refractivity (Wildman–Crippen MR) is 90.5 cm³/mol. The van der Waals surface area contributed by atoms with Crippen molar-refractivity contribution in [1.29, 1.82) is 0 Å². The fourth-order valence-corrected chi connectivity index (χ4v) is 4.15. The van der Waals surface area contributed by atoms with Gasteiger partial charge < -0.3 is 15.0 Å². The molecule has 2 aliphatic carbocycles. The summed E-state index contributed by atoms with van der Waals surface area (Å²) in [4.78, 5) is 24.2. The van der Waals surface area contributed by atoms with Gasteiger partial charge in [-0.1, -0.05) is 6.42 Å². The molecule has 1 spiro atoms. The maximum absolute atomic E-state index is 12.3. The molecule has 128 valence electrons. The lowest BCUT2D eigenvalue weighted by atomic mass is 9.51. The Labute approximate surface area is 141 Å². The predicted octanol–water partition coefficient (Wildman–Crippen LogP) is 2.35. The van der Waals surface area contributed by atoms with Gasteiger partial charge in [0.2, 0.25) is 5.91 Å². The molecular formula is C18H24N4O2. The van der Waals surface area contributed by atoms with Crippen LogP contribution in [0.15, 0.2) is 18.3 Å². The van der Waals surface area contributed by atoms with Crippen LogP contribution in [0.5, 0.6) is 0 Å². The third-order valence-corrected chi connectivity index (χ3v) is 5.67. The fourth-order valence-electron chi connectivity index (χ4n) is 4.15. The number of imidazole rings is 1. The van der Waals surface area contributed by atoms with Crippen LogP contribution in [0.3, 0.4) is 0 Å². The highest BCUT2D eigenvalue weighted by atomic mass is 16.5. The molecule has 24 heavy (non-hydrogen) atoms. The van der Waals surface area contributed by atoms with Gasteiger partial charge >= 0.3 is 0 Å². The number of aromatic nitrogens is 3. The molecule has 0 saturated heterocycles. The van der Waals surface area contributed by atoms with E-state index in [-0.39, 0.29) is 17.4 Å². The lowest BCUT2D eigenvalue weighted by Gasteiger charge is -2.61. The van der Waals surface area contributed by atoms with Crippen molar-refractivity contribution in [2.24, 2.45) is 5.41 Å². The van der Waals surface area contributed by atoms with E-state index in [1.54, 1.807) is 6.20 Å². The molecule has 0 bridgehead atoms. The first-order chi connectivity index (χ1) is 11.7. The van der Waals surface area contributed by atoms with Crippen LogP contribution >= 0.6 is 0 Å². The number of ether oxygens (including phenoxy) is 1. The van der Waals surface area contributed by atoms with Crippen LogP contribution in [-0.2, 0) is 16.0 Å². The minimum atomic E-state index is 0.106. The van der Waals surface area contributed by atoms with Gasteiger partial charge in [0.25, 0.3) is 0 Å². The molecule has 2 aromatic heterocycles. The number of fused-ring (bicyclic) bond motifs is 1. The van der Waals surface area contributed by atoms with Gasteiger partial charge in [-0.15, -0.1) is 0 Å². The smallest absolute Gasteiger partial charge is 0.220 e. The quantitative estimate of drug-likeness (QED) is 0.853. The highest BCUT2D eigenvalue weighted by Crippen LogP contribution is 2.57. The van der Waals surface area contributed by atoms with Crippen LogP contribution in [0, 0.1) is 5.41 Å². The minimum Gasteiger partial charge on any atom is -0.378 e. The largest absolute Gasteiger partial charge is 0.378 e. The van der Waals surface area contributed by atoms with Crippen molar-refractivity contribution in [2.75, 3.05) is 6.61 Å². The Morgan fingerprint density at radius 2 is 2.38 bits per heavy atom. The molecule has 0 unspecified atom stereocenters. The summed E-state index contributed by atoms with van der Waals surface area (Å²) in [6.45, 7) is 2.80. The van der Waals surface area contributed by atoms with Crippen LogP contribution in [0.1, 0.15) is 44.9 Å². The zero-order chi connectivity index (χ0) is 16.6. The first kappa shape index (κ1) is 15.6. The second kappa shape index (κ2) is 6.16. The molecule has 0 radical (unpaired) electrons. The number of hydrogen-bond acceptors (Lipinski definition) is 4. The zero-order valence-corrected chi connectivity index (χ0v) is 14.0. The number of amides is 1. The molecule has 2 aromatic rings. The molecular weight excluding hydrogens is 304 g/mol. The SMILES string of the molecule is CCO[C@@H]1C[C@@H](NC(=O)CCc2nc3ncccc3[nH]2)C12CCC2. The lowest BCUT2D eigenvalue weighted by Crippen LogP contribution is -2.67. The van der Waals surface area contributed by atoms with Gasteiger partial charge in [0.05, 0.1) is 11.6 Å². The van der Waals surface area contributed by atoms with Crippen LogP contribution < -0.4 is 5.32 Å². The monoisotopic (exact) mass is 328 g/mol. The molecule has 2 saturated carbocycles. The average molecular weight is 328 g/mol. The Morgan fingerprint density at radius 3 is 3.08 bits per heavy atom. The molecule has 2 aliphatic rings. The van der Waals surface area contributed by atoms with Crippen LogP contribution in [0.25, 0.3) is 11.2 Å². The molecule has 0 aliphatic heterocycles. The third-order valence-electron chi connectivity index (χ3n) is 5.67. The summed E-state index contributed by atoms with van der Waals surface area (Å²) in [5.74, 6) is 0.924. The van der Waals surface area contributed by atoms with Gasteiger partial charge in [-0.2, -0.15) is 0 Å². The van der Waals surface area contributed by atoms with Gasteiger partial charge in [0.1, 0.15) is 5.82 Å². The van der Waals surface area contributed by atoms with E-state index < -0.39 is 0 Å². The lowest BCUT2D eigenvalue weighted by molar-refractivity contribution is -0.175. The molecule has 0 aromatic carbocycles. The zero-order valence-electron chi connectivity index (χ0n) is 14.0. The highest BCUT2D eigenvalue weighted by molar-refractivity contribution is 5.77. The van der Waals surface area contributed by atoms with Crippen LogP contribution in [0.4, 0.5) is 0 Å². The number of pyridine rings is 1. The number of carbonyl (C=O) groups is 1. The normalized spacial score (nSPS) is 24.5. The Balaban J connectivity index is 1.31. The number of hydrogen-bond donors (Lipinski definition) is 2. The standard InChI is InChI=1S/C18H24N4O2/c1-2-24-14-11-13(18(14)8-4-9-18)21-16(23)7-6-15-20-12-5-3-10-19-17(12)22-15/h3,5,10,13-14H,2,4,6-9,11H2,1H3,(H,21,23)(H,19,20,22)/t13-,14-/m1/s1. The average Bonchev–Trinajstić information content (AvgIpc) is 2.93. The number of carbonyl (C=O) groups excluding carboxylic acids is 1. The van der Waals surface area contributed by atoms with Gasteiger partial charge in [-0.3, -0.25) is 4.79 Å². The summed E-state index contributed by atoms with van der Waals surface area (Å²) < 4.78 is 5.84. The van der Waals surface area contributed by atoms with E-state index in [1.165, 1.54) is 19.3 Å². The Hall–Kier alpha value is -1.95. The Morgan fingerprint density at radius 1 is 1.50 bits per heavy atom. The van der Waals surface area contributed by atoms with Crippen molar-refractivity contribution in [3.8, 4) is 0 Å². The molecule has 2 heterocycles. The van der Waals surface area contributed by atoms with Crippen molar-refractivity contribution in [3.05, 3.63) is 24.2 Å². The van der Waals surface area contributed by atoms with Crippen molar-refractivity contribution < 1.29 is 9.53 Å². The van der Waals surface area contributed by atoms with E-state index in [2.05, 4.69) is 20.3 Å². The van der Waals surface area contributed by atoms with E-state index in [0.29, 0.717) is 24.6 Å². The van der Waals surface area contributed by atoms with Gasteiger partial charge in [-0.05, 0) is 38.3 Å². The molecule has 2 N–H and O–H groups in total. The van der Waals surface area contributed by atoms with E-state index >= 15 is 0 Å². The third kappa shape index (κ3) is 2.59. The maximum atomic E-state index is 12.3. The molecule has 4 rings (SSSR count). The number of rotatable bonds is 6. The Bertz CT molecular complexity index is 704. The van der Waals surface area contributed by atoms with Gasteiger partial charge in [0.15, 0.2) is 5.65 Å². The van der Waals surface area contributed by atoms with E-state index in [9.17, 15) is 4.79 Å². The van der Waals surface area contributed by atoms with E-state index in [1.807, 2.05) is 19.1 Å². The number of nitrogens with zero attached hydrogens (tertiary/aromatic N) is 2. The molecule has 6 heteroatoms. The van der Waals surface area contributed by atoms with Crippen LogP contribution in [0.2, 0.25) is 0 Å². The number of aryl methyl sites for hydroxylation is 1. The first-order valence-corrected chi connectivity index (χ1v) is 8.92. The van der Waals surface area contributed by atoms with E-state index in [4.69, 9.17) is 4.74 Å².